The highest BCUT2D eigenvalue weighted by Crippen LogP contribution is 2.24. The molecule has 0 bridgehead atoms. The number of carbonyl (C=O) groups is 2. The fourth-order valence-corrected chi connectivity index (χ4v) is 1.81. The van der Waals surface area contributed by atoms with Gasteiger partial charge in [0.25, 0.3) is 0 Å². The van der Waals surface area contributed by atoms with Gasteiger partial charge in [-0.1, -0.05) is 23.2 Å². The van der Waals surface area contributed by atoms with Crippen LogP contribution in [0.4, 0.5) is 5.69 Å². The van der Waals surface area contributed by atoms with Crippen LogP contribution in [0.3, 0.4) is 0 Å². The van der Waals surface area contributed by atoms with Crippen molar-refractivity contribution in [3.8, 4) is 0 Å². The lowest BCUT2D eigenvalue weighted by Crippen LogP contribution is -2.37. The van der Waals surface area contributed by atoms with Crippen LogP contribution in [0.25, 0.3) is 0 Å². The zero-order valence-electron chi connectivity index (χ0n) is 11.7. The number of carbonyl (C=O) groups excluding carboxylic acids is 2. The fraction of sp³-hybridized carbons (Fsp3) is 0.385. The number of anilines is 1. The van der Waals surface area contributed by atoms with Crippen LogP contribution in [0.2, 0.25) is 10.0 Å². The Morgan fingerprint density at radius 3 is 2.48 bits per heavy atom. The number of hydrogen-bond acceptors (Lipinski definition) is 3. The number of benzene rings is 1. The number of hydrogen-bond donors (Lipinski definition) is 2. The lowest BCUT2D eigenvalue weighted by Gasteiger charge is -2.18. The van der Waals surface area contributed by atoms with Crippen LogP contribution in [0.15, 0.2) is 18.2 Å². The largest absolute Gasteiger partial charge is 0.336 e. The van der Waals surface area contributed by atoms with Crippen molar-refractivity contribution in [1.82, 2.24) is 4.90 Å². The van der Waals surface area contributed by atoms with Crippen LogP contribution >= 0.6 is 35.6 Å². The maximum atomic E-state index is 11.8. The van der Waals surface area contributed by atoms with E-state index in [9.17, 15) is 9.59 Å². The predicted octanol–water partition coefficient (Wildman–Crippen LogP) is 2.55. The first kappa shape index (κ1) is 20.0. The summed E-state index contributed by atoms with van der Waals surface area (Å²) in [5, 5.41) is 3.41. The van der Waals surface area contributed by atoms with Crippen molar-refractivity contribution in [3.63, 3.8) is 0 Å². The summed E-state index contributed by atoms with van der Waals surface area (Å²) < 4.78 is 0. The molecule has 0 radical (unpaired) electrons. The van der Waals surface area contributed by atoms with Gasteiger partial charge in [-0.15, -0.1) is 12.4 Å². The second kappa shape index (κ2) is 9.10. The summed E-state index contributed by atoms with van der Waals surface area (Å²) in [6, 6.07) is 4.54. The lowest BCUT2D eigenvalue weighted by molar-refractivity contribution is -0.133. The Kier molecular flexibility index (Phi) is 8.66. The fourth-order valence-electron chi connectivity index (χ4n) is 1.51. The molecule has 0 aliphatic rings. The molecular weight excluding hydrogens is 337 g/mol. The SMILES string of the molecule is CC(N)CC(=O)N(C)CC(=O)Nc1ccc(Cl)c(Cl)c1.Cl. The molecule has 2 amide bonds. The Bertz CT molecular complexity index is 509. The van der Waals surface area contributed by atoms with Crippen LogP contribution in [0.5, 0.6) is 0 Å². The molecule has 0 aromatic heterocycles. The van der Waals surface area contributed by atoms with E-state index in [0.717, 1.165) is 0 Å². The summed E-state index contributed by atoms with van der Waals surface area (Å²) in [5.41, 5.74) is 6.07. The van der Waals surface area contributed by atoms with Crippen molar-refractivity contribution in [2.45, 2.75) is 19.4 Å². The molecule has 3 N–H and O–H groups in total. The third kappa shape index (κ3) is 7.00. The number of nitrogens with two attached hydrogens (primary N) is 1. The van der Waals surface area contributed by atoms with Gasteiger partial charge in [-0.3, -0.25) is 9.59 Å². The molecule has 8 heteroatoms. The minimum Gasteiger partial charge on any atom is -0.336 e. The highest BCUT2D eigenvalue weighted by atomic mass is 35.5. The van der Waals surface area contributed by atoms with Crippen molar-refractivity contribution < 1.29 is 9.59 Å². The van der Waals surface area contributed by atoms with Gasteiger partial charge in [0.15, 0.2) is 0 Å². The summed E-state index contributed by atoms with van der Waals surface area (Å²) in [4.78, 5) is 24.8. The summed E-state index contributed by atoms with van der Waals surface area (Å²) in [6.07, 6.45) is 0.205. The molecule has 0 spiro atoms. The van der Waals surface area contributed by atoms with Crippen molar-refractivity contribution >= 4 is 53.1 Å². The van der Waals surface area contributed by atoms with E-state index in [1.165, 1.54) is 4.90 Å². The van der Waals surface area contributed by atoms with Gasteiger partial charge < -0.3 is 16.0 Å². The molecule has 118 valence electrons. The monoisotopic (exact) mass is 353 g/mol. The molecule has 0 aliphatic heterocycles. The maximum Gasteiger partial charge on any atom is 0.243 e. The number of nitrogens with zero attached hydrogens (tertiary/aromatic N) is 1. The molecule has 21 heavy (non-hydrogen) atoms. The van der Waals surface area contributed by atoms with Gasteiger partial charge in [0.1, 0.15) is 0 Å². The minimum absolute atomic E-state index is 0. The topological polar surface area (TPSA) is 75.4 Å². The van der Waals surface area contributed by atoms with Gasteiger partial charge >= 0.3 is 0 Å². The Morgan fingerprint density at radius 1 is 1.33 bits per heavy atom. The van der Waals surface area contributed by atoms with Gasteiger partial charge in [0.2, 0.25) is 11.8 Å². The molecule has 0 saturated carbocycles. The second-order valence-corrected chi connectivity index (χ2v) is 5.42. The molecule has 1 unspecified atom stereocenters. The van der Waals surface area contributed by atoms with Crippen molar-refractivity contribution in [2.24, 2.45) is 5.73 Å². The number of rotatable bonds is 5. The zero-order valence-corrected chi connectivity index (χ0v) is 14.1. The summed E-state index contributed by atoms with van der Waals surface area (Å²) in [6.45, 7) is 1.69. The summed E-state index contributed by atoms with van der Waals surface area (Å²) in [7, 11) is 1.55. The highest BCUT2D eigenvalue weighted by molar-refractivity contribution is 6.42. The van der Waals surface area contributed by atoms with Crippen LogP contribution in [-0.4, -0.2) is 36.3 Å². The van der Waals surface area contributed by atoms with Crippen molar-refractivity contribution in [1.29, 1.82) is 0 Å². The Labute approximate surface area is 140 Å². The van der Waals surface area contributed by atoms with E-state index in [-0.39, 0.29) is 43.2 Å². The van der Waals surface area contributed by atoms with E-state index in [1.807, 2.05) is 0 Å². The average molecular weight is 355 g/mol. The molecule has 0 aliphatic carbocycles. The minimum atomic E-state index is -0.316. The van der Waals surface area contributed by atoms with Crippen molar-refractivity contribution in [2.75, 3.05) is 18.9 Å². The molecule has 5 nitrogen and oxygen atoms in total. The Hall–Kier alpha value is -1.01. The maximum absolute atomic E-state index is 11.8. The number of nitrogens with one attached hydrogen (secondary N) is 1. The van der Waals surface area contributed by atoms with E-state index in [2.05, 4.69) is 5.32 Å². The number of amides is 2. The van der Waals surface area contributed by atoms with Crippen LogP contribution in [0, 0.1) is 0 Å². The van der Waals surface area contributed by atoms with Gasteiger partial charge in [0.05, 0.1) is 16.6 Å². The number of halogens is 3. The predicted molar refractivity (Wildman–Crippen MR) is 88.2 cm³/mol. The highest BCUT2D eigenvalue weighted by Gasteiger charge is 2.14. The Balaban J connectivity index is 0.00000400. The van der Waals surface area contributed by atoms with E-state index in [0.29, 0.717) is 15.7 Å². The molecule has 1 rings (SSSR count). The first-order chi connectivity index (χ1) is 9.29. The first-order valence-electron chi connectivity index (χ1n) is 6.04. The second-order valence-electron chi connectivity index (χ2n) is 4.61. The van der Waals surface area contributed by atoms with Gasteiger partial charge in [-0.25, -0.2) is 0 Å². The summed E-state index contributed by atoms with van der Waals surface area (Å²) >= 11 is 11.6. The van der Waals surface area contributed by atoms with E-state index in [4.69, 9.17) is 28.9 Å². The molecular formula is C13H18Cl3N3O2. The molecule has 0 heterocycles. The van der Waals surface area contributed by atoms with Crippen LogP contribution < -0.4 is 11.1 Å². The van der Waals surface area contributed by atoms with Crippen LogP contribution in [0.1, 0.15) is 13.3 Å². The van der Waals surface area contributed by atoms with Crippen LogP contribution in [-0.2, 0) is 9.59 Å². The number of likely N-dealkylation sites (N-methyl/N-ethyl adjacent to an activating group) is 1. The van der Waals surface area contributed by atoms with Crippen molar-refractivity contribution in [3.05, 3.63) is 28.2 Å². The molecule has 1 aromatic rings. The molecule has 0 saturated heterocycles. The Morgan fingerprint density at radius 2 is 1.95 bits per heavy atom. The lowest BCUT2D eigenvalue weighted by atomic mass is 10.2. The smallest absolute Gasteiger partial charge is 0.243 e. The van der Waals surface area contributed by atoms with Gasteiger partial charge in [-0.05, 0) is 25.1 Å². The van der Waals surface area contributed by atoms with Gasteiger partial charge in [0, 0.05) is 25.2 Å². The third-order valence-electron chi connectivity index (χ3n) is 2.51. The van der Waals surface area contributed by atoms with E-state index < -0.39 is 0 Å². The van der Waals surface area contributed by atoms with Gasteiger partial charge in [-0.2, -0.15) is 0 Å². The standard InChI is InChI=1S/C13H17Cl2N3O2.ClH/c1-8(16)5-13(20)18(2)7-12(19)17-9-3-4-10(14)11(15)6-9;/h3-4,6,8H,5,7,16H2,1-2H3,(H,17,19);1H. The first-order valence-corrected chi connectivity index (χ1v) is 6.79. The quantitative estimate of drug-likeness (QED) is 0.853. The normalized spacial score (nSPS) is 11.3. The van der Waals surface area contributed by atoms with E-state index in [1.54, 1.807) is 32.2 Å². The molecule has 1 aromatic carbocycles. The van der Waals surface area contributed by atoms with E-state index >= 15 is 0 Å². The average Bonchev–Trinajstić information content (AvgIpc) is 2.32. The zero-order chi connectivity index (χ0) is 15.3. The molecule has 0 fully saturated rings. The third-order valence-corrected chi connectivity index (χ3v) is 3.25. The molecule has 1 atom stereocenters. The summed E-state index contributed by atoms with van der Waals surface area (Å²) in [5.74, 6) is -0.492.